The number of fused-ring (bicyclic) bond motifs is 2. The summed E-state index contributed by atoms with van der Waals surface area (Å²) < 4.78 is 13.2. The van der Waals surface area contributed by atoms with Crippen LogP contribution in [-0.2, 0) is 27.4 Å². The molecule has 0 radical (unpaired) electrons. The van der Waals surface area contributed by atoms with Gasteiger partial charge in [-0.05, 0) is 46.8 Å². The molecule has 5 rings (SSSR count). The molecule has 1 amide bonds. The van der Waals surface area contributed by atoms with Gasteiger partial charge in [0, 0.05) is 44.6 Å². The first-order valence-corrected chi connectivity index (χ1v) is 13.7. The summed E-state index contributed by atoms with van der Waals surface area (Å²) in [6.07, 6.45) is 4.15. The first-order chi connectivity index (χ1) is 17.6. The number of amides is 1. The molecule has 2 heterocycles. The Labute approximate surface area is 221 Å². The van der Waals surface area contributed by atoms with Crippen LogP contribution >= 0.6 is 0 Å². The Balaban J connectivity index is 1.34. The topological polar surface area (TPSA) is 71.0 Å². The van der Waals surface area contributed by atoms with Crippen LogP contribution < -0.4 is 5.32 Å². The van der Waals surface area contributed by atoms with Crippen molar-refractivity contribution in [3.8, 4) is 0 Å². The molecule has 37 heavy (non-hydrogen) atoms. The van der Waals surface area contributed by atoms with Crippen LogP contribution in [0, 0.1) is 10.8 Å². The fourth-order valence-corrected chi connectivity index (χ4v) is 7.10. The summed E-state index contributed by atoms with van der Waals surface area (Å²) in [6.45, 7) is 11.4. The number of likely N-dealkylation sites (tertiary alicyclic amines) is 1. The highest BCUT2D eigenvalue weighted by Crippen LogP contribution is 2.53. The minimum absolute atomic E-state index is 0.0374. The number of carbonyl (C=O) groups excluding carboxylic acids is 1. The first-order valence-electron chi connectivity index (χ1n) is 13.7. The smallest absolute Gasteiger partial charge is 0.217 e. The average Bonchev–Trinajstić information content (AvgIpc) is 3.10. The summed E-state index contributed by atoms with van der Waals surface area (Å²) >= 11 is 0. The van der Waals surface area contributed by atoms with Crippen LogP contribution in [0.1, 0.15) is 88.0 Å². The van der Waals surface area contributed by atoms with Gasteiger partial charge in [-0.25, -0.2) is 0 Å². The molecule has 5 atom stereocenters. The molecule has 0 aromatic heterocycles. The standard InChI is InChI=1S/C31H42N2O4/c1-21(35)32-16-22-5-11-25(12-6-22)29-36-27(13-28(37-29)24-9-7-23(18-34)8-10-24)17-33-20-31(4)15-26(33)14-30(2,3)19-31/h5-12,26-29,34H,13-20H2,1-4H3,(H,32,35)/t26?,27-,28+,29+,31?/m0/s1. The van der Waals surface area contributed by atoms with Crippen LogP contribution in [0.4, 0.5) is 0 Å². The number of aliphatic hydroxyl groups is 1. The van der Waals surface area contributed by atoms with Gasteiger partial charge < -0.3 is 19.9 Å². The molecule has 1 aliphatic carbocycles. The highest BCUT2D eigenvalue weighted by atomic mass is 16.7. The van der Waals surface area contributed by atoms with Crippen molar-refractivity contribution < 1.29 is 19.4 Å². The van der Waals surface area contributed by atoms with Gasteiger partial charge in [-0.2, -0.15) is 0 Å². The fraction of sp³-hybridized carbons (Fsp3) is 0.581. The number of aliphatic hydroxyl groups excluding tert-OH is 1. The Hall–Kier alpha value is -2.25. The SMILES string of the molecule is CC(=O)NCc1ccc([C@@H]2O[C@H](CN3CC4(C)CC3CC(C)(C)C4)C[C@H](c3ccc(CO)cc3)O2)cc1. The third-order valence-corrected chi connectivity index (χ3v) is 8.37. The molecular weight excluding hydrogens is 464 g/mol. The summed E-state index contributed by atoms with van der Waals surface area (Å²) in [5.41, 5.74) is 4.83. The first kappa shape index (κ1) is 26.4. The molecule has 1 saturated carbocycles. The maximum atomic E-state index is 11.3. The highest BCUT2D eigenvalue weighted by Gasteiger charge is 2.50. The van der Waals surface area contributed by atoms with Gasteiger partial charge in [0.2, 0.25) is 5.91 Å². The predicted molar refractivity (Wildman–Crippen MR) is 143 cm³/mol. The lowest BCUT2D eigenvalue weighted by Gasteiger charge is -2.41. The van der Waals surface area contributed by atoms with Crippen LogP contribution in [0.3, 0.4) is 0 Å². The minimum Gasteiger partial charge on any atom is -0.392 e. The molecule has 2 unspecified atom stereocenters. The summed E-state index contributed by atoms with van der Waals surface area (Å²) in [5.74, 6) is -0.0374. The van der Waals surface area contributed by atoms with Crippen molar-refractivity contribution in [1.29, 1.82) is 0 Å². The zero-order chi connectivity index (χ0) is 26.2. The van der Waals surface area contributed by atoms with Gasteiger partial charge in [0.05, 0.1) is 18.8 Å². The molecule has 0 spiro atoms. The minimum atomic E-state index is -0.454. The number of nitrogens with one attached hydrogen (secondary N) is 1. The Bertz CT molecular complexity index is 1080. The molecule has 3 aliphatic rings. The van der Waals surface area contributed by atoms with Gasteiger partial charge in [0.25, 0.3) is 0 Å². The second-order valence-corrected chi connectivity index (χ2v) is 12.6. The van der Waals surface area contributed by atoms with Gasteiger partial charge in [0.1, 0.15) is 0 Å². The summed E-state index contributed by atoms with van der Waals surface area (Å²) in [5, 5.41) is 12.3. The molecule has 2 bridgehead atoms. The van der Waals surface area contributed by atoms with Gasteiger partial charge in [-0.15, -0.1) is 0 Å². The van der Waals surface area contributed by atoms with E-state index in [4.69, 9.17) is 9.47 Å². The van der Waals surface area contributed by atoms with Gasteiger partial charge in [0.15, 0.2) is 6.29 Å². The number of hydrogen-bond acceptors (Lipinski definition) is 5. The van der Waals surface area contributed by atoms with Crippen molar-refractivity contribution in [3.63, 3.8) is 0 Å². The molecule has 200 valence electrons. The lowest BCUT2D eigenvalue weighted by atomic mass is 9.65. The number of nitrogens with zero attached hydrogens (tertiary/aromatic N) is 1. The Morgan fingerprint density at radius 2 is 1.68 bits per heavy atom. The van der Waals surface area contributed by atoms with E-state index >= 15 is 0 Å². The van der Waals surface area contributed by atoms with E-state index in [1.807, 2.05) is 36.4 Å². The predicted octanol–water partition coefficient (Wildman–Crippen LogP) is 5.26. The fourth-order valence-electron chi connectivity index (χ4n) is 7.10. The average molecular weight is 507 g/mol. The zero-order valence-electron chi connectivity index (χ0n) is 22.7. The number of hydrogen-bond donors (Lipinski definition) is 2. The Morgan fingerprint density at radius 1 is 1.00 bits per heavy atom. The normalized spacial score (nSPS) is 31.3. The monoisotopic (exact) mass is 506 g/mol. The molecule has 2 saturated heterocycles. The highest BCUT2D eigenvalue weighted by molar-refractivity contribution is 5.72. The van der Waals surface area contributed by atoms with Crippen LogP contribution in [0.5, 0.6) is 0 Å². The lowest BCUT2D eigenvalue weighted by Crippen LogP contribution is -2.42. The maximum Gasteiger partial charge on any atom is 0.217 e. The van der Waals surface area contributed by atoms with Gasteiger partial charge >= 0.3 is 0 Å². The maximum absolute atomic E-state index is 11.3. The number of ether oxygens (including phenoxy) is 2. The molecule has 2 aromatic rings. The zero-order valence-corrected chi connectivity index (χ0v) is 22.7. The number of carbonyl (C=O) groups is 1. The van der Waals surface area contributed by atoms with Crippen molar-refractivity contribution in [2.45, 2.75) is 91.1 Å². The Morgan fingerprint density at radius 3 is 2.35 bits per heavy atom. The second-order valence-electron chi connectivity index (χ2n) is 12.6. The van der Waals surface area contributed by atoms with Gasteiger partial charge in [-0.1, -0.05) is 69.3 Å². The summed E-state index contributed by atoms with van der Waals surface area (Å²) in [7, 11) is 0. The Kier molecular flexibility index (Phi) is 7.47. The summed E-state index contributed by atoms with van der Waals surface area (Å²) in [6, 6.07) is 16.8. The van der Waals surface area contributed by atoms with E-state index in [2.05, 4.69) is 43.1 Å². The third-order valence-electron chi connectivity index (χ3n) is 8.37. The lowest BCUT2D eigenvalue weighted by molar-refractivity contribution is -0.253. The number of rotatable bonds is 7. The molecule has 6 heteroatoms. The van der Waals surface area contributed by atoms with E-state index in [1.54, 1.807) is 0 Å². The van der Waals surface area contributed by atoms with Crippen LogP contribution in [0.2, 0.25) is 0 Å². The van der Waals surface area contributed by atoms with Crippen LogP contribution in [0.15, 0.2) is 48.5 Å². The van der Waals surface area contributed by atoms with Crippen molar-refractivity contribution in [1.82, 2.24) is 10.2 Å². The van der Waals surface area contributed by atoms with Crippen molar-refractivity contribution in [2.24, 2.45) is 10.8 Å². The van der Waals surface area contributed by atoms with Crippen LogP contribution in [0.25, 0.3) is 0 Å². The van der Waals surface area contributed by atoms with Crippen molar-refractivity contribution in [2.75, 3.05) is 13.1 Å². The van der Waals surface area contributed by atoms with Gasteiger partial charge in [-0.3, -0.25) is 9.69 Å². The van der Waals surface area contributed by atoms with Crippen molar-refractivity contribution in [3.05, 3.63) is 70.8 Å². The van der Waals surface area contributed by atoms with E-state index in [-0.39, 0.29) is 24.7 Å². The quantitative estimate of drug-likeness (QED) is 0.536. The summed E-state index contributed by atoms with van der Waals surface area (Å²) in [4.78, 5) is 14.0. The van der Waals surface area contributed by atoms with E-state index in [0.717, 1.165) is 41.8 Å². The van der Waals surface area contributed by atoms with E-state index in [0.29, 0.717) is 23.4 Å². The number of benzene rings is 2. The molecule has 2 aromatic carbocycles. The van der Waals surface area contributed by atoms with E-state index in [1.165, 1.54) is 26.2 Å². The molecule has 6 nitrogen and oxygen atoms in total. The molecule has 3 fully saturated rings. The van der Waals surface area contributed by atoms with E-state index in [9.17, 15) is 9.90 Å². The molecular formula is C31H42N2O4. The second kappa shape index (κ2) is 10.5. The van der Waals surface area contributed by atoms with E-state index < -0.39 is 6.29 Å². The molecule has 2 N–H and O–H groups in total. The van der Waals surface area contributed by atoms with Crippen molar-refractivity contribution >= 4 is 5.91 Å². The van der Waals surface area contributed by atoms with Crippen LogP contribution in [-0.4, -0.2) is 41.1 Å². The largest absolute Gasteiger partial charge is 0.392 e. The third kappa shape index (κ3) is 6.26. The molecule has 2 aliphatic heterocycles.